The fraction of sp³-hybridized carbons (Fsp3) is 0.286. The molecule has 0 fully saturated rings. The Morgan fingerprint density at radius 3 is 3.00 bits per heavy atom. The average Bonchev–Trinajstić information content (AvgIpc) is 2.17. The summed E-state index contributed by atoms with van der Waals surface area (Å²) in [5, 5.41) is 19.6. The maximum atomic E-state index is 10.3. The number of aliphatic hydroxyl groups excluding tert-OH is 1. The third kappa shape index (κ3) is 2.20. The highest BCUT2D eigenvalue weighted by Gasteiger charge is 2.11. The van der Waals surface area contributed by atoms with E-state index >= 15 is 0 Å². The smallest absolute Gasteiger partial charge is 0.272 e. The lowest BCUT2D eigenvalue weighted by Crippen LogP contribution is -2.12. The molecule has 1 atom stereocenters. The van der Waals surface area contributed by atoms with Crippen molar-refractivity contribution in [2.75, 3.05) is 6.54 Å². The lowest BCUT2D eigenvalue weighted by Gasteiger charge is -2.05. The number of hydrogen-bond donors (Lipinski definition) is 2. The fourth-order valence-corrected chi connectivity index (χ4v) is 0.853. The molecule has 0 aliphatic heterocycles. The van der Waals surface area contributed by atoms with Crippen molar-refractivity contribution >= 4 is 5.69 Å². The van der Waals surface area contributed by atoms with E-state index in [1.54, 1.807) is 0 Å². The molecule has 1 aromatic heterocycles. The highest BCUT2D eigenvalue weighted by atomic mass is 16.6. The third-order valence-electron chi connectivity index (χ3n) is 1.54. The van der Waals surface area contributed by atoms with E-state index in [9.17, 15) is 15.2 Å². The molecule has 1 unspecified atom stereocenters. The van der Waals surface area contributed by atoms with Crippen molar-refractivity contribution in [3.05, 3.63) is 34.1 Å². The molecule has 3 N–H and O–H groups in total. The number of pyridine rings is 1. The van der Waals surface area contributed by atoms with Gasteiger partial charge in [-0.3, -0.25) is 15.1 Å². The lowest BCUT2D eigenvalue weighted by atomic mass is 10.2. The van der Waals surface area contributed by atoms with Crippen molar-refractivity contribution in [1.29, 1.82) is 0 Å². The van der Waals surface area contributed by atoms with Crippen molar-refractivity contribution in [1.82, 2.24) is 4.98 Å². The van der Waals surface area contributed by atoms with Crippen LogP contribution in [0.15, 0.2) is 18.3 Å². The Morgan fingerprint density at radius 1 is 1.77 bits per heavy atom. The van der Waals surface area contributed by atoms with Crippen molar-refractivity contribution in [2.24, 2.45) is 5.73 Å². The van der Waals surface area contributed by atoms with Gasteiger partial charge in [-0.05, 0) is 0 Å². The number of aliphatic hydroxyl groups is 1. The second kappa shape index (κ2) is 3.92. The SMILES string of the molecule is NCC(O)c1cc([N+](=O)[O-])ccn1. The zero-order chi connectivity index (χ0) is 9.84. The third-order valence-corrected chi connectivity index (χ3v) is 1.54. The number of nitrogens with zero attached hydrogens (tertiary/aromatic N) is 2. The summed E-state index contributed by atoms with van der Waals surface area (Å²) in [5.74, 6) is 0. The summed E-state index contributed by atoms with van der Waals surface area (Å²) in [5.41, 5.74) is 5.29. The fourth-order valence-electron chi connectivity index (χ4n) is 0.853. The van der Waals surface area contributed by atoms with Crippen LogP contribution < -0.4 is 5.73 Å². The van der Waals surface area contributed by atoms with Gasteiger partial charge in [0.1, 0.15) is 6.10 Å². The average molecular weight is 183 g/mol. The van der Waals surface area contributed by atoms with Gasteiger partial charge in [0.05, 0.1) is 10.6 Å². The van der Waals surface area contributed by atoms with Gasteiger partial charge in [-0.1, -0.05) is 0 Å². The first-order valence-corrected chi connectivity index (χ1v) is 3.63. The zero-order valence-corrected chi connectivity index (χ0v) is 6.75. The summed E-state index contributed by atoms with van der Waals surface area (Å²) in [4.78, 5) is 13.5. The van der Waals surface area contributed by atoms with Crippen molar-refractivity contribution in [3.63, 3.8) is 0 Å². The number of rotatable bonds is 3. The van der Waals surface area contributed by atoms with Gasteiger partial charge in [-0.2, -0.15) is 0 Å². The first-order valence-electron chi connectivity index (χ1n) is 3.63. The predicted molar refractivity (Wildman–Crippen MR) is 44.9 cm³/mol. The van der Waals surface area contributed by atoms with Crippen LogP contribution >= 0.6 is 0 Å². The molecule has 13 heavy (non-hydrogen) atoms. The molecule has 1 heterocycles. The summed E-state index contributed by atoms with van der Waals surface area (Å²) in [6.45, 7) is -0.00579. The Hall–Kier alpha value is -1.53. The van der Waals surface area contributed by atoms with Gasteiger partial charge in [0.2, 0.25) is 0 Å². The van der Waals surface area contributed by atoms with Gasteiger partial charge >= 0.3 is 0 Å². The first-order chi connectivity index (χ1) is 6.15. The second-order valence-corrected chi connectivity index (χ2v) is 2.45. The van der Waals surface area contributed by atoms with E-state index in [1.807, 2.05) is 0 Å². The van der Waals surface area contributed by atoms with Crippen molar-refractivity contribution in [3.8, 4) is 0 Å². The van der Waals surface area contributed by atoms with Crippen LogP contribution in [0.4, 0.5) is 5.69 Å². The molecular formula is C7H9N3O3. The van der Waals surface area contributed by atoms with Gasteiger partial charge < -0.3 is 10.8 Å². The molecule has 0 aliphatic rings. The molecule has 70 valence electrons. The molecule has 0 saturated heterocycles. The normalized spacial score (nSPS) is 12.5. The van der Waals surface area contributed by atoms with Crippen molar-refractivity contribution in [2.45, 2.75) is 6.10 Å². The Bertz CT molecular complexity index is 316. The maximum absolute atomic E-state index is 10.3. The standard InChI is InChI=1S/C7H9N3O3/c8-4-7(11)6-3-5(10(12)13)1-2-9-6/h1-3,7,11H,4,8H2. The second-order valence-electron chi connectivity index (χ2n) is 2.45. The summed E-state index contributed by atoms with van der Waals surface area (Å²) >= 11 is 0. The highest BCUT2D eigenvalue weighted by Crippen LogP contribution is 2.15. The number of aromatic nitrogens is 1. The first kappa shape index (κ1) is 9.56. The largest absolute Gasteiger partial charge is 0.385 e. The van der Waals surface area contributed by atoms with Gasteiger partial charge in [0, 0.05) is 24.9 Å². The van der Waals surface area contributed by atoms with Crippen LogP contribution in [-0.4, -0.2) is 21.6 Å². The van der Waals surface area contributed by atoms with Crippen LogP contribution in [-0.2, 0) is 0 Å². The van der Waals surface area contributed by atoms with E-state index < -0.39 is 11.0 Å². The van der Waals surface area contributed by atoms with E-state index in [-0.39, 0.29) is 17.9 Å². The molecule has 1 rings (SSSR count). The van der Waals surface area contributed by atoms with Crippen LogP contribution in [0.25, 0.3) is 0 Å². The minimum Gasteiger partial charge on any atom is -0.385 e. The predicted octanol–water partition coefficient (Wildman–Crippen LogP) is -0.0181. The minimum atomic E-state index is -0.945. The molecule has 0 saturated carbocycles. The maximum Gasteiger partial charge on any atom is 0.272 e. The van der Waals surface area contributed by atoms with E-state index in [0.29, 0.717) is 0 Å². The van der Waals surface area contributed by atoms with Gasteiger partial charge in [-0.15, -0.1) is 0 Å². The zero-order valence-electron chi connectivity index (χ0n) is 6.75. The molecule has 1 aromatic rings. The minimum absolute atomic E-state index is 0.00579. The van der Waals surface area contributed by atoms with Gasteiger partial charge in [0.25, 0.3) is 5.69 Å². The van der Waals surface area contributed by atoms with Crippen LogP contribution in [0.5, 0.6) is 0 Å². The van der Waals surface area contributed by atoms with Crippen LogP contribution in [0.3, 0.4) is 0 Å². The highest BCUT2D eigenvalue weighted by molar-refractivity contribution is 5.30. The van der Waals surface area contributed by atoms with Gasteiger partial charge in [-0.25, -0.2) is 0 Å². The molecule has 0 aliphatic carbocycles. The van der Waals surface area contributed by atoms with Crippen LogP contribution in [0.2, 0.25) is 0 Å². The summed E-state index contributed by atoms with van der Waals surface area (Å²) in [6.07, 6.45) is 0.326. The van der Waals surface area contributed by atoms with Crippen LogP contribution in [0, 0.1) is 10.1 Å². The summed E-state index contributed by atoms with van der Waals surface area (Å²) in [7, 11) is 0. The summed E-state index contributed by atoms with van der Waals surface area (Å²) < 4.78 is 0. The molecule has 0 bridgehead atoms. The molecule has 6 nitrogen and oxygen atoms in total. The molecule has 0 spiro atoms. The molecule has 0 amide bonds. The number of nitro groups is 1. The summed E-state index contributed by atoms with van der Waals surface area (Å²) in [6, 6.07) is 2.46. The van der Waals surface area contributed by atoms with Crippen LogP contribution in [0.1, 0.15) is 11.8 Å². The quantitative estimate of drug-likeness (QED) is 0.506. The van der Waals surface area contributed by atoms with Crippen molar-refractivity contribution < 1.29 is 10.0 Å². The Labute approximate surface area is 74.2 Å². The number of hydrogen-bond acceptors (Lipinski definition) is 5. The van der Waals surface area contributed by atoms with E-state index in [0.717, 1.165) is 0 Å². The molecule has 0 aromatic carbocycles. The Kier molecular flexibility index (Phi) is 2.88. The van der Waals surface area contributed by atoms with E-state index in [4.69, 9.17) is 5.73 Å². The number of nitrogens with two attached hydrogens (primary N) is 1. The van der Waals surface area contributed by atoms with E-state index in [1.165, 1.54) is 18.3 Å². The van der Waals surface area contributed by atoms with E-state index in [2.05, 4.69) is 4.98 Å². The Morgan fingerprint density at radius 2 is 2.46 bits per heavy atom. The monoisotopic (exact) mass is 183 g/mol. The lowest BCUT2D eigenvalue weighted by molar-refractivity contribution is -0.385. The molecule has 6 heteroatoms. The molecule has 0 radical (unpaired) electrons. The van der Waals surface area contributed by atoms with Gasteiger partial charge in [0.15, 0.2) is 0 Å². The Balaban J connectivity index is 2.98. The topological polar surface area (TPSA) is 102 Å². The molecular weight excluding hydrogens is 174 g/mol.